The van der Waals surface area contributed by atoms with Crippen LogP contribution < -0.4 is 9.80 Å². The van der Waals surface area contributed by atoms with Crippen molar-refractivity contribution in [3.8, 4) is 23.3 Å². The van der Waals surface area contributed by atoms with Crippen molar-refractivity contribution >= 4 is 98.8 Å². The van der Waals surface area contributed by atoms with E-state index in [1.54, 1.807) is 0 Å². The third kappa shape index (κ3) is 5.67. The zero-order valence-corrected chi connectivity index (χ0v) is 33.4. The number of nitriles is 2. The minimum absolute atomic E-state index is 0.625. The predicted octanol–water partition coefficient (Wildman–Crippen LogP) is 15.8. The Morgan fingerprint density at radius 3 is 0.806 bits per heavy atom. The lowest BCUT2D eigenvalue weighted by Gasteiger charge is -2.27. The van der Waals surface area contributed by atoms with Crippen LogP contribution in [0.4, 0.5) is 34.1 Å². The minimum atomic E-state index is 0.625. The average molecular weight is 787 g/mol. The zero-order valence-electron chi connectivity index (χ0n) is 33.4. The smallest absolute Gasteiger partial charge is 0.0991 e. The van der Waals surface area contributed by atoms with Gasteiger partial charge in [-0.3, -0.25) is 0 Å². The van der Waals surface area contributed by atoms with Crippen LogP contribution in [-0.2, 0) is 0 Å². The summed E-state index contributed by atoms with van der Waals surface area (Å²) in [6.45, 7) is 0. The molecular formula is C58H34N4. The van der Waals surface area contributed by atoms with Gasteiger partial charge in [0.1, 0.15) is 0 Å². The van der Waals surface area contributed by atoms with Gasteiger partial charge in [-0.25, -0.2) is 0 Å². The fraction of sp³-hybridized carbons (Fsp3) is 0. The summed E-state index contributed by atoms with van der Waals surface area (Å²) in [5.74, 6) is 0. The Morgan fingerprint density at radius 1 is 0.258 bits per heavy atom. The molecule has 0 N–H and O–H groups in total. The van der Waals surface area contributed by atoms with E-state index in [2.05, 4.69) is 180 Å². The van der Waals surface area contributed by atoms with E-state index < -0.39 is 0 Å². The van der Waals surface area contributed by atoms with Gasteiger partial charge in [-0.05, 0) is 173 Å². The normalized spacial score (nSPS) is 11.5. The summed E-state index contributed by atoms with van der Waals surface area (Å²) in [4.78, 5) is 4.54. The van der Waals surface area contributed by atoms with Gasteiger partial charge in [0, 0.05) is 34.1 Å². The monoisotopic (exact) mass is 786 g/mol. The van der Waals surface area contributed by atoms with Gasteiger partial charge in [-0.2, -0.15) is 10.5 Å². The van der Waals surface area contributed by atoms with Gasteiger partial charge in [0.15, 0.2) is 0 Å². The summed E-state index contributed by atoms with van der Waals surface area (Å²) in [6.07, 6.45) is 0. The maximum atomic E-state index is 9.61. The van der Waals surface area contributed by atoms with Crippen LogP contribution >= 0.6 is 0 Å². The predicted molar refractivity (Wildman–Crippen MR) is 258 cm³/mol. The van der Waals surface area contributed by atoms with Crippen molar-refractivity contribution in [2.24, 2.45) is 0 Å². The molecule has 0 aliphatic carbocycles. The van der Waals surface area contributed by atoms with E-state index in [9.17, 15) is 10.5 Å². The largest absolute Gasteiger partial charge is 0.310 e. The molecule has 0 atom stereocenters. The Labute approximate surface area is 358 Å². The standard InChI is InChI=1S/C58H34N4/c59-35-37-7-23-49(24-8-37)61(53-31-45-15-11-41-3-1-4-42-12-16-46(32-53)57(45)55(41)42)51-27-19-39(20-28-51)40-21-29-52(30-22-40)62(50-25-9-38(36-60)10-26-50)54-33-47-17-13-43-5-2-6-44-14-18-48(34-54)58(47)56(43)44/h1-34H. The molecule has 0 saturated heterocycles. The summed E-state index contributed by atoms with van der Waals surface area (Å²) < 4.78 is 0. The number of hydrogen-bond donors (Lipinski definition) is 0. The van der Waals surface area contributed by atoms with E-state index in [-0.39, 0.29) is 0 Å². The fourth-order valence-electron chi connectivity index (χ4n) is 9.60. The second kappa shape index (κ2) is 14.0. The van der Waals surface area contributed by atoms with Crippen molar-refractivity contribution in [3.63, 3.8) is 0 Å². The highest BCUT2D eigenvalue weighted by Crippen LogP contribution is 2.44. The van der Waals surface area contributed by atoms with E-state index in [1.165, 1.54) is 64.6 Å². The van der Waals surface area contributed by atoms with Gasteiger partial charge in [-0.15, -0.1) is 0 Å². The van der Waals surface area contributed by atoms with Gasteiger partial charge in [0.2, 0.25) is 0 Å². The first kappa shape index (κ1) is 35.3. The van der Waals surface area contributed by atoms with Gasteiger partial charge < -0.3 is 9.80 Å². The Hall–Kier alpha value is -8.70. The first-order chi connectivity index (χ1) is 30.6. The van der Waals surface area contributed by atoms with E-state index in [0.717, 1.165) is 45.3 Å². The number of rotatable bonds is 7. The molecule has 0 aliphatic heterocycles. The zero-order chi connectivity index (χ0) is 41.3. The van der Waals surface area contributed by atoms with Crippen molar-refractivity contribution in [2.75, 3.05) is 9.80 Å². The number of benzene rings is 12. The van der Waals surface area contributed by atoms with E-state index in [4.69, 9.17) is 0 Å². The highest BCUT2D eigenvalue weighted by molar-refractivity contribution is 6.25. The van der Waals surface area contributed by atoms with E-state index in [0.29, 0.717) is 11.1 Å². The van der Waals surface area contributed by atoms with Crippen molar-refractivity contribution < 1.29 is 0 Å². The summed E-state index contributed by atoms with van der Waals surface area (Å²) in [7, 11) is 0. The third-order valence-electron chi connectivity index (χ3n) is 12.5. The van der Waals surface area contributed by atoms with Crippen LogP contribution in [0.5, 0.6) is 0 Å². The van der Waals surface area contributed by atoms with Gasteiger partial charge >= 0.3 is 0 Å². The molecule has 0 heterocycles. The maximum absolute atomic E-state index is 9.61. The van der Waals surface area contributed by atoms with Gasteiger partial charge in [-0.1, -0.05) is 109 Å². The molecule has 0 aliphatic rings. The van der Waals surface area contributed by atoms with Crippen LogP contribution in [0.15, 0.2) is 206 Å². The molecule has 62 heavy (non-hydrogen) atoms. The third-order valence-corrected chi connectivity index (χ3v) is 12.5. The Morgan fingerprint density at radius 2 is 0.516 bits per heavy atom. The molecule has 0 fully saturated rings. The van der Waals surface area contributed by atoms with Crippen molar-refractivity contribution in [1.82, 2.24) is 0 Å². The quantitative estimate of drug-likeness (QED) is 0.151. The summed E-state index contributed by atoms with van der Waals surface area (Å²) in [6, 6.07) is 77.5. The topological polar surface area (TPSA) is 54.1 Å². The lowest BCUT2D eigenvalue weighted by Crippen LogP contribution is -2.10. The van der Waals surface area contributed by atoms with Crippen LogP contribution in [0.1, 0.15) is 11.1 Å². The first-order valence-electron chi connectivity index (χ1n) is 20.8. The van der Waals surface area contributed by atoms with Crippen molar-refractivity contribution in [3.05, 3.63) is 217 Å². The molecule has 0 saturated carbocycles. The molecule has 4 heteroatoms. The molecule has 0 aromatic heterocycles. The summed E-state index contributed by atoms with van der Waals surface area (Å²) >= 11 is 0. The Kier molecular flexibility index (Phi) is 7.94. The highest BCUT2D eigenvalue weighted by atomic mass is 15.1. The molecule has 4 nitrogen and oxygen atoms in total. The average Bonchev–Trinajstić information content (AvgIpc) is 3.33. The van der Waals surface area contributed by atoms with E-state index in [1.807, 2.05) is 48.5 Å². The molecule has 0 bridgehead atoms. The lowest BCUT2D eigenvalue weighted by molar-refractivity contribution is 1.28. The van der Waals surface area contributed by atoms with Crippen LogP contribution in [0.2, 0.25) is 0 Å². The van der Waals surface area contributed by atoms with Crippen molar-refractivity contribution in [1.29, 1.82) is 10.5 Å². The summed E-state index contributed by atoms with van der Waals surface area (Å²) in [5, 5.41) is 34.1. The number of nitrogens with zero attached hydrogens (tertiary/aromatic N) is 4. The Balaban J connectivity index is 0.925. The molecule has 0 spiro atoms. The van der Waals surface area contributed by atoms with Gasteiger partial charge in [0.05, 0.1) is 23.3 Å². The fourth-order valence-corrected chi connectivity index (χ4v) is 9.60. The second-order valence-corrected chi connectivity index (χ2v) is 16.0. The molecule has 0 radical (unpaired) electrons. The lowest BCUT2D eigenvalue weighted by atomic mass is 9.93. The summed E-state index contributed by atoms with van der Waals surface area (Å²) in [5.41, 5.74) is 9.54. The van der Waals surface area contributed by atoms with E-state index >= 15 is 0 Å². The highest BCUT2D eigenvalue weighted by Gasteiger charge is 2.19. The minimum Gasteiger partial charge on any atom is -0.310 e. The molecule has 286 valence electrons. The van der Waals surface area contributed by atoms with Crippen LogP contribution in [-0.4, -0.2) is 0 Å². The van der Waals surface area contributed by atoms with Crippen LogP contribution in [0.3, 0.4) is 0 Å². The maximum Gasteiger partial charge on any atom is 0.0991 e. The van der Waals surface area contributed by atoms with Crippen molar-refractivity contribution in [2.45, 2.75) is 0 Å². The van der Waals surface area contributed by atoms with Crippen LogP contribution in [0, 0.1) is 22.7 Å². The molecule has 12 aromatic carbocycles. The van der Waals surface area contributed by atoms with Gasteiger partial charge in [0.25, 0.3) is 0 Å². The number of hydrogen-bond acceptors (Lipinski definition) is 4. The molecule has 12 rings (SSSR count). The molecule has 0 amide bonds. The number of anilines is 6. The second-order valence-electron chi connectivity index (χ2n) is 16.0. The van der Waals surface area contributed by atoms with Crippen LogP contribution in [0.25, 0.3) is 75.8 Å². The molecular weight excluding hydrogens is 753 g/mol. The molecule has 0 unspecified atom stereocenters. The SMILES string of the molecule is N#Cc1ccc(N(c2ccc(-c3ccc(N(c4ccc(C#N)cc4)c4cc5ccc6cccc7ccc(c4)c5c67)cc3)cc2)c2cc3ccc4cccc5ccc(c2)c3c45)cc1. The Bertz CT molecular complexity index is 3370. The first-order valence-corrected chi connectivity index (χ1v) is 20.8. The molecule has 12 aromatic rings.